The summed E-state index contributed by atoms with van der Waals surface area (Å²) in [7, 11) is 1.41. The number of rotatable bonds is 2. The van der Waals surface area contributed by atoms with E-state index in [-0.39, 0.29) is 5.97 Å². The van der Waals surface area contributed by atoms with Crippen molar-refractivity contribution in [2.75, 3.05) is 7.11 Å². The van der Waals surface area contributed by atoms with Crippen molar-refractivity contribution in [2.45, 2.75) is 59.3 Å². The predicted molar refractivity (Wildman–Crippen MR) is 82.3 cm³/mol. The predicted octanol–water partition coefficient (Wildman–Crippen LogP) is 4.56. The quantitative estimate of drug-likeness (QED) is 0.751. The molecule has 0 saturated heterocycles. The lowest BCUT2D eigenvalue weighted by Crippen LogP contribution is -2.25. The molecule has 1 aliphatic carbocycles. The van der Waals surface area contributed by atoms with Gasteiger partial charge in [0.25, 0.3) is 0 Å². The van der Waals surface area contributed by atoms with E-state index < -0.39 is 0 Å². The molecule has 1 aromatic heterocycles. The zero-order valence-electron chi connectivity index (χ0n) is 13.2. The van der Waals surface area contributed by atoms with Crippen LogP contribution in [0.4, 0.5) is 0 Å². The van der Waals surface area contributed by atoms with Gasteiger partial charge in [-0.1, -0.05) is 20.8 Å². The van der Waals surface area contributed by atoms with Gasteiger partial charge in [0.05, 0.1) is 12.1 Å². The van der Waals surface area contributed by atoms with Crippen molar-refractivity contribution in [2.24, 2.45) is 11.3 Å². The molecule has 1 aromatic rings. The Kier molecular flexibility index (Phi) is 4.52. The lowest BCUT2D eigenvalue weighted by atomic mass is 9.70. The first-order chi connectivity index (χ1) is 9.32. The molecule has 0 amide bonds. The standard InChI is InChI=1S/C16H25NO2S/c1-10-13(15(18)19-5)17-14(20-10)11-6-8-12(9-7-11)16(2,3)4/h11-12H,6-9H2,1-5H3. The Morgan fingerprint density at radius 2 is 1.85 bits per heavy atom. The largest absolute Gasteiger partial charge is 0.464 e. The van der Waals surface area contributed by atoms with E-state index in [1.54, 1.807) is 11.3 Å². The lowest BCUT2D eigenvalue weighted by Gasteiger charge is -2.36. The summed E-state index contributed by atoms with van der Waals surface area (Å²) in [5.41, 5.74) is 0.909. The third-order valence-electron chi connectivity index (χ3n) is 4.49. The molecule has 112 valence electrons. The maximum absolute atomic E-state index is 11.6. The first-order valence-corrected chi connectivity index (χ1v) is 8.20. The zero-order chi connectivity index (χ0) is 14.9. The molecule has 1 aliphatic rings. The second-order valence-electron chi connectivity index (χ2n) is 6.86. The summed E-state index contributed by atoms with van der Waals surface area (Å²) in [6.07, 6.45) is 4.91. The Labute approximate surface area is 125 Å². The number of thiazole rings is 1. The van der Waals surface area contributed by atoms with Crippen molar-refractivity contribution in [1.29, 1.82) is 0 Å². The minimum absolute atomic E-state index is 0.312. The van der Waals surface area contributed by atoms with Crippen LogP contribution in [0.3, 0.4) is 0 Å². The molecule has 0 unspecified atom stereocenters. The topological polar surface area (TPSA) is 39.2 Å². The van der Waals surface area contributed by atoms with E-state index in [4.69, 9.17) is 4.74 Å². The molecule has 0 bridgehead atoms. The van der Waals surface area contributed by atoms with Crippen LogP contribution in [-0.2, 0) is 4.74 Å². The molecule has 0 atom stereocenters. The summed E-state index contributed by atoms with van der Waals surface area (Å²) in [5.74, 6) is 1.02. The van der Waals surface area contributed by atoms with Crippen molar-refractivity contribution < 1.29 is 9.53 Å². The highest BCUT2D eigenvalue weighted by Gasteiger charge is 2.32. The van der Waals surface area contributed by atoms with Crippen molar-refractivity contribution in [3.63, 3.8) is 0 Å². The van der Waals surface area contributed by atoms with Gasteiger partial charge in [-0.25, -0.2) is 9.78 Å². The minimum Gasteiger partial charge on any atom is -0.464 e. The molecule has 20 heavy (non-hydrogen) atoms. The zero-order valence-corrected chi connectivity index (χ0v) is 14.0. The molecule has 0 aromatic carbocycles. The number of carbonyl (C=O) groups excluding carboxylic acids is 1. The maximum Gasteiger partial charge on any atom is 0.357 e. The Balaban J connectivity index is 2.06. The van der Waals surface area contributed by atoms with Crippen LogP contribution < -0.4 is 0 Å². The number of hydrogen-bond acceptors (Lipinski definition) is 4. The normalized spacial score (nSPS) is 23.6. The average Bonchev–Trinajstić information content (AvgIpc) is 2.79. The van der Waals surface area contributed by atoms with E-state index >= 15 is 0 Å². The van der Waals surface area contributed by atoms with Gasteiger partial charge in [0.15, 0.2) is 5.69 Å². The average molecular weight is 295 g/mol. The number of esters is 1. The molecule has 0 N–H and O–H groups in total. The van der Waals surface area contributed by atoms with E-state index in [1.807, 2.05) is 6.92 Å². The van der Waals surface area contributed by atoms with E-state index in [0.717, 1.165) is 15.8 Å². The number of carbonyl (C=O) groups is 1. The number of aromatic nitrogens is 1. The monoisotopic (exact) mass is 295 g/mol. The minimum atomic E-state index is -0.312. The first kappa shape index (κ1) is 15.5. The third kappa shape index (κ3) is 3.22. The molecule has 2 rings (SSSR count). The highest BCUT2D eigenvalue weighted by Crippen LogP contribution is 2.44. The molecule has 1 heterocycles. The molecular weight excluding hydrogens is 270 g/mol. The fraction of sp³-hybridized carbons (Fsp3) is 0.750. The van der Waals surface area contributed by atoms with Crippen LogP contribution in [0.25, 0.3) is 0 Å². The van der Waals surface area contributed by atoms with Gasteiger partial charge in [0.2, 0.25) is 0 Å². The molecule has 1 fully saturated rings. The molecule has 0 spiro atoms. The van der Waals surface area contributed by atoms with Gasteiger partial charge in [-0.15, -0.1) is 11.3 Å². The molecule has 1 saturated carbocycles. The third-order valence-corrected chi connectivity index (χ3v) is 5.63. The van der Waals surface area contributed by atoms with Crippen LogP contribution in [0.5, 0.6) is 0 Å². The van der Waals surface area contributed by atoms with E-state index in [0.29, 0.717) is 17.0 Å². The van der Waals surface area contributed by atoms with Crippen LogP contribution >= 0.6 is 11.3 Å². The maximum atomic E-state index is 11.6. The second-order valence-corrected chi connectivity index (χ2v) is 8.10. The number of nitrogens with zero attached hydrogens (tertiary/aromatic N) is 1. The second kappa shape index (κ2) is 5.84. The smallest absolute Gasteiger partial charge is 0.357 e. The van der Waals surface area contributed by atoms with E-state index in [2.05, 4.69) is 25.8 Å². The summed E-state index contributed by atoms with van der Waals surface area (Å²) in [5, 5.41) is 1.12. The molecule has 3 nitrogen and oxygen atoms in total. The summed E-state index contributed by atoms with van der Waals surface area (Å²) in [6.45, 7) is 8.96. The van der Waals surface area contributed by atoms with Crippen molar-refractivity contribution >= 4 is 17.3 Å². The highest BCUT2D eigenvalue weighted by atomic mass is 32.1. The van der Waals surface area contributed by atoms with E-state index in [1.165, 1.54) is 32.8 Å². The van der Waals surface area contributed by atoms with Crippen molar-refractivity contribution in [3.8, 4) is 0 Å². The Hall–Kier alpha value is -0.900. The number of hydrogen-bond donors (Lipinski definition) is 0. The van der Waals surface area contributed by atoms with Crippen molar-refractivity contribution in [3.05, 3.63) is 15.6 Å². The highest BCUT2D eigenvalue weighted by molar-refractivity contribution is 7.12. The van der Waals surface area contributed by atoms with Gasteiger partial charge in [0, 0.05) is 10.8 Å². The molecule has 0 aliphatic heterocycles. The lowest BCUT2D eigenvalue weighted by molar-refractivity contribution is 0.0594. The van der Waals surface area contributed by atoms with Gasteiger partial charge < -0.3 is 4.74 Å². The van der Waals surface area contributed by atoms with Gasteiger partial charge in [0.1, 0.15) is 0 Å². The van der Waals surface area contributed by atoms with Gasteiger partial charge in [-0.2, -0.15) is 0 Å². The van der Waals surface area contributed by atoms with Gasteiger partial charge in [-0.3, -0.25) is 0 Å². The van der Waals surface area contributed by atoms with Crippen LogP contribution in [0.2, 0.25) is 0 Å². The van der Waals surface area contributed by atoms with E-state index in [9.17, 15) is 4.79 Å². The van der Waals surface area contributed by atoms with Crippen LogP contribution in [0, 0.1) is 18.3 Å². The SMILES string of the molecule is COC(=O)c1nc(C2CCC(C(C)(C)C)CC2)sc1C. The fourth-order valence-electron chi connectivity index (χ4n) is 3.08. The Morgan fingerprint density at radius 3 is 2.35 bits per heavy atom. The summed E-state index contributed by atoms with van der Waals surface area (Å²) >= 11 is 1.66. The van der Waals surface area contributed by atoms with Crippen LogP contribution in [0.1, 0.15) is 72.7 Å². The van der Waals surface area contributed by atoms with Crippen molar-refractivity contribution in [1.82, 2.24) is 4.98 Å². The number of aryl methyl sites for hydroxylation is 1. The Morgan fingerprint density at radius 1 is 1.25 bits per heavy atom. The number of ether oxygens (including phenoxy) is 1. The summed E-state index contributed by atoms with van der Waals surface area (Å²) < 4.78 is 4.78. The van der Waals surface area contributed by atoms with Gasteiger partial charge >= 0.3 is 5.97 Å². The van der Waals surface area contributed by atoms with Crippen LogP contribution in [-0.4, -0.2) is 18.1 Å². The molecule has 0 radical (unpaired) electrons. The molecule has 4 heteroatoms. The Bertz CT molecular complexity index is 479. The fourth-order valence-corrected chi connectivity index (χ4v) is 4.16. The summed E-state index contributed by atoms with van der Waals surface area (Å²) in [4.78, 5) is 17.1. The molecular formula is C16H25NO2S. The van der Waals surface area contributed by atoms with Crippen LogP contribution in [0.15, 0.2) is 0 Å². The summed E-state index contributed by atoms with van der Waals surface area (Å²) in [6, 6.07) is 0. The van der Waals surface area contributed by atoms with Gasteiger partial charge in [-0.05, 0) is 43.9 Å². The first-order valence-electron chi connectivity index (χ1n) is 7.38. The number of methoxy groups -OCH3 is 1.